The number of carbonyl (C=O) groups is 1. The third-order valence-corrected chi connectivity index (χ3v) is 7.84. The molecule has 3 N–H and O–H groups in total. The van der Waals surface area contributed by atoms with E-state index in [1.165, 1.54) is 6.92 Å². The van der Waals surface area contributed by atoms with E-state index in [2.05, 4.69) is 8.37 Å². The molecule has 23 heteroatoms. The Morgan fingerprint density at radius 2 is 1.49 bits per heavy atom. The van der Waals surface area contributed by atoms with Crippen LogP contribution in [0, 0.1) is 11.8 Å². The van der Waals surface area contributed by atoms with Crippen LogP contribution in [-0.2, 0) is 63.2 Å². The maximum Gasteiger partial charge on any atom is 0.218 e. The van der Waals surface area contributed by atoms with E-state index in [1.54, 1.807) is 4.72 Å². The van der Waals surface area contributed by atoms with Crippen molar-refractivity contribution in [3.05, 3.63) is 0 Å². The highest BCUT2D eigenvalue weighted by Crippen LogP contribution is 2.32. The number of aliphatic hydroxyl groups is 2. The first kappa shape index (κ1) is 36.0. The van der Waals surface area contributed by atoms with E-state index in [1.807, 2.05) is 0 Å². The van der Waals surface area contributed by atoms with Crippen LogP contribution in [0.5, 0.6) is 0 Å². The molecule has 2 rings (SSSR count). The topological polar surface area (TPSA) is 320 Å². The van der Waals surface area contributed by atoms with Crippen LogP contribution >= 0.6 is 0 Å². The van der Waals surface area contributed by atoms with Crippen LogP contribution in [-0.4, -0.2) is 137 Å². The monoisotopic (exact) mass is 659 g/mol. The van der Waals surface area contributed by atoms with Crippen LogP contribution in [0.2, 0.25) is 0 Å². The van der Waals surface area contributed by atoms with Crippen molar-refractivity contribution in [1.29, 1.82) is 0 Å². The van der Waals surface area contributed by atoms with Crippen molar-refractivity contribution in [2.24, 2.45) is 11.8 Å². The van der Waals surface area contributed by atoms with Crippen molar-refractivity contribution in [2.75, 3.05) is 33.5 Å². The number of carboxylic acids is 1. The van der Waals surface area contributed by atoms with Crippen LogP contribution in [0.1, 0.15) is 13.3 Å². The molecule has 2 fully saturated rings. The van der Waals surface area contributed by atoms with Crippen molar-refractivity contribution in [3.63, 3.8) is 0 Å². The van der Waals surface area contributed by atoms with E-state index in [0.717, 1.165) is 7.11 Å². The number of rotatable bonds is 15. The lowest BCUT2D eigenvalue weighted by Crippen LogP contribution is -2.64. The molecule has 0 spiro atoms. The molecule has 0 saturated carbocycles. The van der Waals surface area contributed by atoms with Crippen molar-refractivity contribution in [1.82, 2.24) is 4.72 Å². The Balaban J connectivity index is 2.31. The van der Waals surface area contributed by atoms with Gasteiger partial charge in [0.05, 0.1) is 56.8 Å². The highest BCUT2D eigenvalue weighted by atomic mass is 32.3. The summed E-state index contributed by atoms with van der Waals surface area (Å²) in [6.45, 7) is -1.58. The van der Waals surface area contributed by atoms with Gasteiger partial charge in [-0.05, 0) is 6.42 Å². The van der Waals surface area contributed by atoms with Gasteiger partial charge in [0.25, 0.3) is 0 Å². The summed E-state index contributed by atoms with van der Waals surface area (Å²) in [7, 11) is -14.8. The number of hydrogen-bond donors (Lipinski definition) is 3. The average Bonchev–Trinajstić information content (AvgIpc) is 2.81. The number of hydrogen-bond acceptors (Lipinski definition) is 19. The molecule has 4 unspecified atom stereocenters. The van der Waals surface area contributed by atoms with Gasteiger partial charge in [-0.25, -0.2) is 30.0 Å². The maximum atomic E-state index is 11.6. The molecule has 2 heterocycles. The predicted molar refractivity (Wildman–Crippen MR) is 121 cm³/mol. The Kier molecular flexibility index (Phi) is 12.8. The zero-order valence-corrected chi connectivity index (χ0v) is 23.8. The van der Waals surface area contributed by atoms with Gasteiger partial charge in [0, 0.05) is 18.9 Å². The summed E-state index contributed by atoms with van der Waals surface area (Å²) in [4.78, 5) is 11.6. The summed E-state index contributed by atoms with van der Waals surface area (Å²) >= 11 is 0. The van der Waals surface area contributed by atoms with E-state index in [9.17, 15) is 59.0 Å². The first-order valence-corrected chi connectivity index (χ1v) is 15.8. The molecule has 2 aliphatic heterocycles. The first-order valence-electron chi connectivity index (χ1n) is 11.7. The van der Waals surface area contributed by atoms with Gasteiger partial charge in [-0.2, -0.15) is 0 Å². The first-order chi connectivity index (χ1) is 18.8. The average molecular weight is 660 g/mol. The third-order valence-electron chi connectivity index (χ3n) is 6.40. The highest BCUT2D eigenvalue weighted by Gasteiger charge is 2.48. The minimum absolute atomic E-state index is 0.0677. The number of methoxy groups -OCH3 is 1. The largest absolute Gasteiger partial charge is 0.735 e. The molecule has 0 radical (unpaired) electrons. The predicted octanol–water partition coefficient (Wildman–Crippen LogP) is -5.96. The Labute approximate surface area is 235 Å². The van der Waals surface area contributed by atoms with E-state index < -0.39 is 124 Å². The molecule has 0 amide bonds. The molecule has 2 saturated heterocycles. The molecule has 0 aromatic heterocycles. The summed E-state index contributed by atoms with van der Waals surface area (Å²) < 4.78 is 132. The van der Waals surface area contributed by atoms with E-state index in [-0.39, 0.29) is 6.42 Å². The maximum absolute atomic E-state index is 11.6. The molecule has 0 aromatic carbocycles. The van der Waals surface area contributed by atoms with Gasteiger partial charge >= 0.3 is 0 Å². The zero-order chi connectivity index (χ0) is 31.3. The fourth-order valence-corrected chi connectivity index (χ4v) is 6.09. The van der Waals surface area contributed by atoms with Crippen LogP contribution in [0.3, 0.4) is 0 Å². The lowest BCUT2D eigenvalue weighted by molar-refractivity contribution is -0.330. The third kappa shape index (κ3) is 10.8. The highest BCUT2D eigenvalue weighted by molar-refractivity contribution is 7.83. The minimum atomic E-state index is -5.46. The second-order valence-electron chi connectivity index (χ2n) is 9.10. The smallest absolute Gasteiger partial charge is 0.218 e. The molecule has 41 heavy (non-hydrogen) atoms. The van der Waals surface area contributed by atoms with Gasteiger partial charge in [0.1, 0.15) is 24.4 Å². The Bertz CT molecular complexity index is 1190. The van der Waals surface area contributed by atoms with Crippen LogP contribution < -0.4 is 9.83 Å². The van der Waals surface area contributed by atoms with Gasteiger partial charge in [0.2, 0.25) is 20.8 Å². The zero-order valence-electron chi connectivity index (χ0n) is 21.4. The van der Waals surface area contributed by atoms with Crippen LogP contribution in [0.4, 0.5) is 0 Å². The summed E-state index contributed by atoms with van der Waals surface area (Å²) in [5, 5.41) is 33.0. The number of ether oxygens (including phenoxy) is 4. The normalized spacial score (nSPS) is 35.3. The minimum Gasteiger partial charge on any atom is -0.735 e. The van der Waals surface area contributed by atoms with Crippen LogP contribution in [0.15, 0.2) is 0 Å². The number of aliphatic carboxylic acids is 1. The Morgan fingerprint density at radius 3 is 1.98 bits per heavy atom. The summed E-state index contributed by atoms with van der Waals surface area (Å²) in [5.41, 5.74) is 0. The van der Waals surface area contributed by atoms with E-state index in [0.29, 0.717) is 0 Å². The number of aliphatic hydroxyl groups excluding tert-OH is 2. The van der Waals surface area contributed by atoms with Crippen molar-refractivity contribution in [3.8, 4) is 0 Å². The second-order valence-corrected chi connectivity index (χ2v) is 12.3. The van der Waals surface area contributed by atoms with Crippen molar-refractivity contribution >= 4 is 37.1 Å². The fraction of sp³-hybridized carbons (Fsp3) is 0.944. The summed E-state index contributed by atoms with van der Waals surface area (Å²) in [5.74, 6) is -4.51. The molecule has 0 aliphatic carbocycles. The molecule has 242 valence electrons. The quantitative estimate of drug-likeness (QED) is 0.109. The second kappa shape index (κ2) is 14.5. The number of carbonyl (C=O) groups excluding carboxylic acids is 1. The van der Waals surface area contributed by atoms with Gasteiger partial charge < -0.3 is 52.7 Å². The standard InChI is InChI=1S/C18H33NO19S3/c1-3-8-15(21)17(38-41(30,31)32)12(37-16(8)18(22)23)6-34-4-9-10(7-35-40(27,28)29)36-11(5-33-2)13(14(9)20)19-39(24,25)26/h8-17,19-21H,3-7H2,1-2H3,(H,22,23)(H,24,25,26)(H,27,28,29)(H,30,31,32)/p-4/t8-,9+,10?,11+,12-,13?,14+,15+,16?,17?/m0/s1. The number of carboxylic acid groups (broad SMARTS) is 1. The molecular weight excluding hydrogens is 630 g/mol. The Morgan fingerprint density at radius 1 is 0.854 bits per heavy atom. The van der Waals surface area contributed by atoms with E-state index in [4.69, 9.17) is 18.9 Å². The lowest BCUT2D eigenvalue weighted by Gasteiger charge is -2.46. The number of nitrogens with one attached hydrogen (secondary N) is 1. The molecule has 10 atom stereocenters. The molecule has 0 bridgehead atoms. The van der Waals surface area contributed by atoms with E-state index >= 15 is 0 Å². The van der Waals surface area contributed by atoms with Crippen molar-refractivity contribution in [2.45, 2.75) is 62.1 Å². The van der Waals surface area contributed by atoms with Crippen LogP contribution in [0.25, 0.3) is 0 Å². The fourth-order valence-electron chi connectivity index (χ4n) is 4.66. The van der Waals surface area contributed by atoms with Gasteiger partial charge in [-0.1, -0.05) is 6.92 Å². The molecular formula is C18H29NO19S3-4. The summed E-state index contributed by atoms with van der Waals surface area (Å²) in [6, 6.07) is -1.69. The molecule has 0 aromatic rings. The molecule has 20 nitrogen and oxygen atoms in total. The van der Waals surface area contributed by atoms with Gasteiger partial charge in [-0.15, -0.1) is 0 Å². The van der Waals surface area contributed by atoms with Gasteiger partial charge in [0.15, 0.2) is 10.3 Å². The lowest BCUT2D eigenvalue weighted by atomic mass is 9.84. The summed E-state index contributed by atoms with van der Waals surface area (Å²) in [6.07, 6.45) is -12.2. The van der Waals surface area contributed by atoms with Crippen molar-refractivity contribution < 1.29 is 86.3 Å². The SMILES string of the molecule is CC[C@@H]1C(C(=O)[O-])O[C@@H](COC[C@@H]2C(COS(=O)(=O)[O-])O[C@H](COC)C(NS(=O)(=O)[O-])[C@@H]2O)C(OS(=O)(=O)[O-])[C@@H]1O. The molecule has 2 aliphatic rings. The van der Waals surface area contributed by atoms with Gasteiger partial charge in [-0.3, -0.25) is 8.37 Å². The Hall–Kier alpha value is -1.16.